The van der Waals surface area contributed by atoms with Gasteiger partial charge >= 0.3 is 17.9 Å². The lowest BCUT2D eigenvalue weighted by Crippen LogP contribution is -2.63. The molecule has 14 nitrogen and oxygen atoms in total. The lowest BCUT2D eigenvalue weighted by Gasteiger charge is -2.43. The largest absolute Gasteiger partial charge is 0.463 e. The predicted octanol–water partition coefficient (Wildman–Crippen LogP) is -3.68. The van der Waals surface area contributed by atoms with Gasteiger partial charge in [0.15, 0.2) is 12.4 Å². The van der Waals surface area contributed by atoms with E-state index in [1.54, 1.807) is 0 Å². The first-order chi connectivity index (χ1) is 14.9. The summed E-state index contributed by atoms with van der Waals surface area (Å²) >= 11 is 0. The van der Waals surface area contributed by atoms with Gasteiger partial charge in [-0.2, -0.15) is 0 Å². The summed E-state index contributed by atoms with van der Waals surface area (Å²) in [4.78, 5) is 33.6. The van der Waals surface area contributed by atoms with Crippen LogP contribution in [0, 0.1) is 0 Å². The van der Waals surface area contributed by atoms with E-state index in [4.69, 9.17) is 28.4 Å². The molecule has 2 rings (SSSR count). The van der Waals surface area contributed by atoms with E-state index < -0.39 is 92.5 Å². The highest BCUT2D eigenvalue weighted by Gasteiger charge is 2.60. The first-order valence-corrected chi connectivity index (χ1v) is 9.70. The van der Waals surface area contributed by atoms with Gasteiger partial charge in [-0.3, -0.25) is 14.4 Å². The van der Waals surface area contributed by atoms with Crippen LogP contribution in [-0.4, -0.2) is 118 Å². The van der Waals surface area contributed by atoms with Gasteiger partial charge in [0.1, 0.15) is 56.4 Å². The molecule has 14 heteroatoms. The number of ether oxygens (including phenoxy) is 6. The van der Waals surface area contributed by atoms with Crippen molar-refractivity contribution in [3.8, 4) is 0 Å². The fraction of sp³-hybridized carbons (Fsp3) is 0.833. The quantitative estimate of drug-likeness (QED) is 0.172. The van der Waals surface area contributed by atoms with Crippen molar-refractivity contribution in [2.45, 2.75) is 75.6 Å². The number of aliphatic hydroxyl groups excluding tert-OH is 5. The summed E-state index contributed by atoms with van der Waals surface area (Å²) in [6, 6.07) is 0. The molecule has 0 aliphatic carbocycles. The fourth-order valence-corrected chi connectivity index (χ4v) is 3.32. The number of esters is 3. The third kappa shape index (κ3) is 5.90. The summed E-state index contributed by atoms with van der Waals surface area (Å²) in [5.74, 6) is -4.54. The van der Waals surface area contributed by atoms with Gasteiger partial charge in [-0.25, -0.2) is 0 Å². The molecular weight excluding hydrogens is 440 g/mol. The molecule has 9 atom stereocenters. The second-order valence-corrected chi connectivity index (χ2v) is 7.38. The Kier molecular flexibility index (Phi) is 8.90. The molecule has 184 valence electrons. The number of hydrogen-bond acceptors (Lipinski definition) is 14. The van der Waals surface area contributed by atoms with Crippen LogP contribution in [-0.2, 0) is 42.8 Å². The molecule has 2 fully saturated rings. The molecule has 0 bridgehead atoms. The van der Waals surface area contributed by atoms with Gasteiger partial charge in [0.2, 0.25) is 5.79 Å². The molecule has 2 aliphatic rings. The molecule has 5 N–H and O–H groups in total. The van der Waals surface area contributed by atoms with Gasteiger partial charge < -0.3 is 54.0 Å². The Morgan fingerprint density at radius 1 is 0.844 bits per heavy atom. The summed E-state index contributed by atoms with van der Waals surface area (Å²) in [5, 5.41) is 51.1. The van der Waals surface area contributed by atoms with Crippen LogP contribution < -0.4 is 0 Å². The Labute approximate surface area is 182 Å². The van der Waals surface area contributed by atoms with Crippen LogP contribution in [0.4, 0.5) is 0 Å². The minimum absolute atomic E-state index is 0.472. The van der Waals surface area contributed by atoms with Crippen molar-refractivity contribution in [1.82, 2.24) is 0 Å². The highest BCUT2D eigenvalue weighted by atomic mass is 16.8. The fourth-order valence-electron chi connectivity index (χ4n) is 3.32. The maximum atomic E-state index is 11.5. The third-order valence-corrected chi connectivity index (χ3v) is 4.89. The van der Waals surface area contributed by atoms with Crippen LogP contribution in [0.2, 0.25) is 0 Å². The molecule has 2 saturated heterocycles. The van der Waals surface area contributed by atoms with Crippen molar-refractivity contribution in [3.05, 3.63) is 0 Å². The zero-order valence-corrected chi connectivity index (χ0v) is 17.7. The Morgan fingerprint density at radius 3 is 1.91 bits per heavy atom. The Hall–Kier alpha value is -1.91. The van der Waals surface area contributed by atoms with Gasteiger partial charge in [0, 0.05) is 20.8 Å². The molecule has 32 heavy (non-hydrogen) atoms. The Balaban J connectivity index is 2.24. The van der Waals surface area contributed by atoms with Gasteiger partial charge in [-0.05, 0) is 0 Å². The van der Waals surface area contributed by atoms with Crippen LogP contribution in [0.3, 0.4) is 0 Å². The number of carbonyl (C=O) groups is 3. The summed E-state index contributed by atoms with van der Waals surface area (Å²) in [7, 11) is 0. The van der Waals surface area contributed by atoms with E-state index in [0.29, 0.717) is 0 Å². The van der Waals surface area contributed by atoms with Crippen molar-refractivity contribution in [2.75, 3.05) is 19.8 Å². The van der Waals surface area contributed by atoms with Gasteiger partial charge in [-0.1, -0.05) is 0 Å². The predicted molar refractivity (Wildman–Crippen MR) is 97.3 cm³/mol. The summed E-state index contributed by atoms with van der Waals surface area (Å²) in [6.45, 7) is 1.27. The minimum atomic E-state index is -2.34. The van der Waals surface area contributed by atoms with Crippen molar-refractivity contribution in [3.63, 3.8) is 0 Å². The lowest BCUT2D eigenvalue weighted by molar-refractivity contribution is -0.383. The van der Waals surface area contributed by atoms with Gasteiger partial charge in [0.05, 0.1) is 0 Å². The van der Waals surface area contributed by atoms with E-state index in [1.165, 1.54) is 0 Å². The topological polar surface area (TPSA) is 208 Å². The molecule has 0 aromatic heterocycles. The van der Waals surface area contributed by atoms with Crippen LogP contribution in [0.25, 0.3) is 0 Å². The average Bonchev–Trinajstić information content (AvgIpc) is 2.97. The van der Waals surface area contributed by atoms with Crippen LogP contribution >= 0.6 is 0 Å². The summed E-state index contributed by atoms with van der Waals surface area (Å²) < 4.78 is 31.0. The minimum Gasteiger partial charge on any atom is -0.463 e. The maximum Gasteiger partial charge on any atom is 0.303 e. The van der Waals surface area contributed by atoms with E-state index in [9.17, 15) is 39.9 Å². The highest BCUT2D eigenvalue weighted by molar-refractivity contribution is 5.67. The monoisotopic (exact) mass is 468 g/mol. The summed E-state index contributed by atoms with van der Waals surface area (Å²) in [6.07, 6.45) is -13.0. The van der Waals surface area contributed by atoms with Crippen molar-refractivity contribution in [2.24, 2.45) is 0 Å². The van der Waals surface area contributed by atoms with E-state index in [0.717, 1.165) is 20.8 Å². The third-order valence-electron chi connectivity index (χ3n) is 4.89. The lowest BCUT2D eigenvalue weighted by atomic mass is 9.99. The molecule has 0 aromatic carbocycles. The molecule has 2 aliphatic heterocycles. The normalized spacial score (nSPS) is 39.4. The van der Waals surface area contributed by atoms with Crippen molar-refractivity contribution in [1.29, 1.82) is 0 Å². The Morgan fingerprint density at radius 2 is 1.41 bits per heavy atom. The second-order valence-electron chi connectivity index (χ2n) is 7.38. The molecule has 0 aromatic rings. The first kappa shape index (κ1) is 26.3. The molecular formula is C18H28O14. The zero-order chi connectivity index (χ0) is 24.2. The van der Waals surface area contributed by atoms with E-state index in [1.807, 2.05) is 0 Å². The molecule has 0 amide bonds. The maximum absolute atomic E-state index is 11.5. The standard InChI is InChI=1S/C18H28O14/c1-7(20)27-4-10-12(23)13(24)14(25)17(30-10)32-18(6-19)16(26)15(29-9(3)22)11(31-18)5-28-8(2)21/h10-17,19,23-26H,4-6H2,1-3H3/t10-,11-,12-,13+,14-,15-,16+,17?,18?/m1/s1. The highest BCUT2D eigenvalue weighted by Crippen LogP contribution is 2.37. The van der Waals surface area contributed by atoms with Crippen molar-refractivity contribution >= 4 is 17.9 Å². The molecule has 0 radical (unpaired) electrons. The van der Waals surface area contributed by atoms with E-state index in [-0.39, 0.29) is 0 Å². The van der Waals surface area contributed by atoms with Crippen LogP contribution in [0.1, 0.15) is 20.8 Å². The summed E-state index contributed by atoms with van der Waals surface area (Å²) in [5.41, 5.74) is 0. The molecule has 0 saturated carbocycles. The zero-order valence-electron chi connectivity index (χ0n) is 17.7. The van der Waals surface area contributed by atoms with Crippen LogP contribution in [0.5, 0.6) is 0 Å². The number of carbonyl (C=O) groups excluding carboxylic acids is 3. The number of aliphatic hydroxyl groups is 5. The average molecular weight is 468 g/mol. The molecule has 2 unspecified atom stereocenters. The van der Waals surface area contributed by atoms with Gasteiger partial charge in [-0.15, -0.1) is 0 Å². The van der Waals surface area contributed by atoms with Gasteiger partial charge in [0.25, 0.3) is 0 Å². The van der Waals surface area contributed by atoms with Crippen molar-refractivity contribution < 1.29 is 68.3 Å². The number of rotatable bonds is 8. The van der Waals surface area contributed by atoms with Crippen LogP contribution in [0.15, 0.2) is 0 Å². The Bertz CT molecular complexity index is 685. The SMILES string of the molecule is CC(=O)OC[C@H]1OC(OC2(CO)O[C@H](COC(C)=O)[C@@H](OC(C)=O)[C@@H]2O)[C@H](O)[C@@H](O)[C@@H]1O. The first-order valence-electron chi connectivity index (χ1n) is 9.70. The molecule has 0 spiro atoms. The van der Waals surface area contributed by atoms with E-state index in [2.05, 4.69) is 0 Å². The smallest absolute Gasteiger partial charge is 0.303 e. The number of hydrogen-bond donors (Lipinski definition) is 5. The van der Waals surface area contributed by atoms with E-state index >= 15 is 0 Å². The second kappa shape index (κ2) is 10.8. The molecule has 2 heterocycles.